The smallest absolute Gasteiger partial charge is 0.340 e. The van der Waals surface area contributed by atoms with Crippen LogP contribution in [0.5, 0.6) is 11.5 Å². The minimum atomic E-state index is -0.878. The van der Waals surface area contributed by atoms with Gasteiger partial charge in [-0.15, -0.1) is 0 Å². The third kappa shape index (κ3) is 5.24. The van der Waals surface area contributed by atoms with Crippen molar-refractivity contribution in [3.63, 3.8) is 0 Å². The molecule has 0 saturated heterocycles. The van der Waals surface area contributed by atoms with E-state index in [0.29, 0.717) is 0 Å². The van der Waals surface area contributed by atoms with Crippen molar-refractivity contribution in [1.82, 2.24) is 4.90 Å². The van der Waals surface area contributed by atoms with E-state index in [1.165, 1.54) is 51.6 Å². The van der Waals surface area contributed by atoms with Gasteiger partial charge in [0.1, 0.15) is 0 Å². The van der Waals surface area contributed by atoms with E-state index in [9.17, 15) is 24.0 Å². The van der Waals surface area contributed by atoms with Crippen LogP contribution in [0, 0.1) is 5.92 Å². The molecule has 0 spiro atoms. The fourth-order valence-corrected chi connectivity index (χ4v) is 3.27. The minimum absolute atomic E-state index is 0.0332. The Labute approximate surface area is 201 Å². The van der Waals surface area contributed by atoms with Gasteiger partial charge in [-0.2, -0.15) is 0 Å². The number of rotatable bonds is 8. The number of methoxy groups -OCH3 is 2. The molecule has 2 aromatic carbocycles. The summed E-state index contributed by atoms with van der Waals surface area (Å²) in [5, 5.41) is 5.16. The third-order valence-corrected chi connectivity index (χ3v) is 5.23. The van der Waals surface area contributed by atoms with E-state index in [2.05, 4.69) is 10.6 Å². The van der Waals surface area contributed by atoms with Crippen molar-refractivity contribution in [2.24, 2.45) is 5.92 Å². The Bertz CT molecular complexity index is 1220. The fraction of sp³-hybridized carbons (Fsp3) is 0.292. The Morgan fingerprint density at radius 1 is 0.914 bits per heavy atom. The molecule has 2 N–H and O–H groups in total. The van der Waals surface area contributed by atoms with Crippen LogP contribution in [0.25, 0.3) is 0 Å². The number of esters is 1. The quantitative estimate of drug-likeness (QED) is 0.431. The lowest BCUT2D eigenvalue weighted by Gasteiger charge is -2.16. The van der Waals surface area contributed by atoms with Crippen LogP contribution >= 0.6 is 0 Å². The molecule has 11 heteroatoms. The van der Waals surface area contributed by atoms with Crippen molar-refractivity contribution in [2.45, 2.75) is 13.8 Å². The number of hydrogen-bond donors (Lipinski definition) is 2. The maximum Gasteiger partial charge on any atom is 0.340 e. The molecule has 0 saturated carbocycles. The summed E-state index contributed by atoms with van der Waals surface area (Å²) in [6.07, 6.45) is 0. The predicted molar refractivity (Wildman–Crippen MR) is 125 cm³/mol. The van der Waals surface area contributed by atoms with E-state index in [1.54, 1.807) is 13.8 Å². The SMILES string of the molecule is COc1cc(NC(=O)C(C)C)c(C(=O)OCC(=O)Nc2ccc3c(c2)C(=O)N(C)C3=O)cc1OC. The number of imide groups is 1. The van der Waals surface area contributed by atoms with E-state index < -0.39 is 30.3 Å². The minimum Gasteiger partial charge on any atom is -0.493 e. The molecule has 1 aliphatic heterocycles. The lowest BCUT2D eigenvalue weighted by Crippen LogP contribution is -2.24. The van der Waals surface area contributed by atoms with Crippen LogP contribution in [0.2, 0.25) is 0 Å². The molecule has 2 aromatic rings. The first kappa shape index (κ1) is 25.2. The summed E-state index contributed by atoms with van der Waals surface area (Å²) in [5.74, 6) is -2.62. The molecule has 0 radical (unpaired) electrons. The second-order valence-corrected chi connectivity index (χ2v) is 7.95. The van der Waals surface area contributed by atoms with Crippen molar-refractivity contribution < 1.29 is 38.2 Å². The van der Waals surface area contributed by atoms with Crippen LogP contribution in [0.15, 0.2) is 30.3 Å². The van der Waals surface area contributed by atoms with Crippen LogP contribution in [-0.2, 0) is 14.3 Å². The van der Waals surface area contributed by atoms with Crippen molar-refractivity contribution in [3.8, 4) is 11.5 Å². The molecule has 3 rings (SSSR count). The number of carbonyl (C=O) groups is 5. The molecular formula is C24H25N3O8. The number of nitrogens with one attached hydrogen (secondary N) is 2. The number of ether oxygens (including phenoxy) is 3. The summed E-state index contributed by atoms with van der Waals surface area (Å²) < 4.78 is 15.6. The van der Waals surface area contributed by atoms with Crippen LogP contribution in [-0.4, -0.2) is 62.4 Å². The highest BCUT2D eigenvalue weighted by molar-refractivity contribution is 6.21. The summed E-state index contributed by atoms with van der Waals surface area (Å²) in [7, 11) is 4.17. The zero-order chi connectivity index (χ0) is 25.9. The average molecular weight is 483 g/mol. The topological polar surface area (TPSA) is 140 Å². The first-order valence-corrected chi connectivity index (χ1v) is 10.6. The molecule has 0 atom stereocenters. The Morgan fingerprint density at radius 3 is 2.17 bits per heavy atom. The second kappa shape index (κ2) is 10.2. The van der Waals surface area contributed by atoms with E-state index in [1.807, 2.05) is 0 Å². The number of anilines is 2. The van der Waals surface area contributed by atoms with E-state index in [0.717, 1.165) is 4.90 Å². The average Bonchev–Trinajstić information content (AvgIpc) is 3.05. The molecule has 0 aromatic heterocycles. The van der Waals surface area contributed by atoms with Gasteiger partial charge < -0.3 is 24.8 Å². The summed E-state index contributed by atoms with van der Waals surface area (Å²) in [6.45, 7) is 2.74. The van der Waals surface area contributed by atoms with Gasteiger partial charge in [-0.05, 0) is 18.2 Å². The summed E-state index contributed by atoms with van der Waals surface area (Å²) in [5.41, 5.74) is 0.776. The van der Waals surface area contributed by atoms with Gasteiger partial charge in [0.25, 0.3) is 17.7 Å². The summed E-state index contributed by atoms with van der Waals surface area (Å²) in [6, 6.07) is 7.06. The van der Waals surface area contributed by atoms with E-state index >= 15 is 0 Å². The molecule has 35 heavy (non-hydrogen) atoms. The van der Waals surface area contributed by atoms with Gasteiger partial charge in [0, 0.05) is 30.8 Å². The highest BCUT2D eigenvalue weighted by Crippen LogP contribution is 2.34. The van der Waals surface area contributed by atoms with Gasteiger partial charge in [-0.3, -0.25) is 24.1 Å². The van der Waals surface area contributed by atoms with Crippen LogP contribution in [0.3, 0.4) is 0 Å². The molecule has 11 nitrogen and oxygen atoms in total. The van der Waals surface area contributed by atoms with Crippen molar-refractivity contribution in [2.75, 3.05) is 38.5 Å². The normalized spacial score (nSPS) is 12.3. The Hall–Kier alpha value is -4.41. The number of amides is 4. The summed E-state index contributed by atoms with van der Waals surface area (Å²) in [4.78, 5) is 62.5. The molecule has 1 heterocycles. The number of nitrogens with zero attached hydrogens (tertiary/aromatic N) is 1. The van der Waals surface area contributed by atoms with Gasteiger partial charge in [0.05, 0.1) is 36.6 Å². The van der Waals surface area contributed by atoms with Gasteiger partial charge in [0.2, 0.25) is 5.91 Å². The molecule has 1 aliphatic rings. The zero-order valence-electron chi connectivity index (χ0n) is 19.9. The van der Waals surface area contributed by atoms with Gasteiger partial charge in [0.15, 0.2) is 18.1 Å². The van der Waals surface area contributed by atoms with Crippen molar-refractivity contribution >= 4 is 41.0 Å². The largest absolute Gasteiger partial charge is 0.493 e. The highest BCUT2D eigenvalue weighted by Gasteiger charge is 2.32. The standard InChI is InChI=1S/C24H25N3O8/c1-12(2)21(29)26-17-10-19(34-5)18(33-4)9-16(17)24(32)35-11-20(28)25-13-6-7-14-15(8-13)23(31)27(3)22(14)30/h6-10,12H,11H2,1-5H3,(H,25,28)(H,26,29). The molecule has 0 aliphatic carbocycles. The third-order valence-electron chi connectivity index (χ3n) is 5.23. The van der Waals surface area contributed by atoms with Gasteiger partial charge in [-0.1, -0.05) is 13.8 Å². The first-order valence-electron chi connectivity index (χ1n) is 10.6. The maximum absolute atomic E-state index is 12.8. The van der Waals surface area contributed by atoms with E-state index in [-0.39, 0.29) is 51.4 Å². The Kier molecular flexibility index (Phi) is 7.38. The Morgan fingerprint density at radius 2 is 1.54 bits per heavy atom. The van der Waals surface area contributed by atoms with Crippen LogP contribution in [0.4, 0.5) is 11.4 Å². The second-order valence-electron chi connectivity index (χ2n) is 7.95. The molecular weight excluding hydrogens is 458 g/mol. The zero-order valence-corrected chi connectivity index (χ0v) is 19.9. The number of fused-ring (bicyclic) bond motifs is 1. The monoisotopic (exact) mass is 483 g/mol. The van der Waals surface area contributed by atoms with Crippen LogP contribution < -0.4 is 20.1 Å². The first-order chi connectivity index (χ1) is 16.6. The van der Waals surface area contributed by atoms with E-state index in [4.69, 9.17) is 14.2 Å². The van der Waals surface area contributed by atoms with Gasteiger partial charge >= 0.3 is 5.97 Å². The van der Waals surface area contributed by atoms with Crippen molar-refractivity contribution in [3.05, 3.63) is 47.0 Å². The lowest BCUT2D eigenvalue weighted by molar-refractivity contribution is -0.119. The van der Waals surface area contributed by atoms with Gasteiger partial charge in [-0.25, -0.2) is 4.79 Å². The fourth-order valence-electron chi connectivity index (χ4n) is 3.27. The lowest BCUT2D eigenvalue weighted by atomic mass is 10.1. The summed E-state index contributed by atoms with van der Waals surface area (Å²) >= 11 is 0. The van der Waals surface area contributed by atoms with Crippen LogP contribution in [0.1, 0.15) is 44.9 Å². The molecule has 0 bridgehead atoms. The molecule has 4 amide bonds. The predicted octanol–water partition coefficient (Wildman–Crippen LogP) is 2.32. The molecule has 0 fully saturated rings. The number of carbonyl (C=O) groups excluding carboxylic acids is 5. The number of benzene rings is 2. The maximum atomic E-state index is 12.8. The molecule has 0 unspecified atom stereocenters. The Balaban J connectivity index is 1.73. The number of hydrogen-bond acceptors (Lipinski definition) is 8. The molecule has 184 valence electrons. The highest BCUT2D eigenvalue weighted by atomic mass is 16.5. The van der Waals surface area contributed by atoms with Crippen molar-refractivity contribution in [1.29, 1.82) is 0 Å².